The van der Waals surface area contributed by atoms with E-state index >= 15 is 0 Å². The van der Waals surface area contributed by atoms with Gasteiger partial charge in [-0.05, 0) is 24.4 Å². The summed E-state index contributed by atoms with van der Waals surface area (Å²) < 4.78 is 5.11. The van der Waals surface area contributed by atoms with Gasteiger partial charge in [0.05, 0.1) is 0 Å². The molecule has 0 aliphatic heterocycles. The van der Waals surface area contributed by atoms with E-state index in [-0.39, 0.29) is 11.8 Å². The Morgan fingerprint density at radius 1 is 1.06 bits per heavy atom. The number of fused-ring (bicyclic) bond motifs is 1. The van der Waals surface area contributed by atoms with Crippen molar-refractivity contribution in [2.45, 2.75) is 13.8 Å². The summed E-state index contributed by atoms with van der Waals surface area (Å²) in [6.45, 7) is 2.86. The molecule has 0 atom stereocenters. The summed E-state index contributed by atoms with van der Waals surface area (Å²) in [4.78, 5) is 22.3. The number of hydrogen-bond acceptors (Lipinski definition) is 3. The molecule has 0 aliphatic carbocycles. The van der Waals surface area contributed by atoms with Crippen LogP contribution in [0, 0.1) is 0 Å². The number of hydrogen-bond donors (Lipinski definition) is 0. The molecule has 2 rings (SSSR count). The van der Waals surface area contributed by atoms with Crippen LogP contribution in [0.4, 0.5) is 0 Å². The van der Waals surface area contributed by atoms with Gasteiger partial charge in [-0.15, -0.1) is 0 Å². The van der Waals surface area contributed by atoms with Crippen molar-refractivity contribution in [2.24, 2.45) is 0 Å². The van der Waals surface area contributed by atoms with Crippen molar-refractivity contribution in [2.75, 3.05) is 0 Å². The third-order valence-corrected chi connectivity index (χ3v) is 2.50. The third-order valence-electron chi connectivity index (χ3n) is 2.50. The van der Waals surface area contributed by atoms with Crippen molar-refractivity contribution in [3.8, 4) is 5.75 Å². The van der Waals surface area contributed by atoms with Gasteiger partial charge in [-0.3, -0.25) is 9.59 Å². The maximum Gasteiger partial charge on any atom is 0.308 e. The monoisotopic (exact) mass is 228 g/mol. The van der Waals surface area contributed by atoms with E-state index in [0.29, 0.717) is 11.3 Å². The molecule has 0 fully saturated rings. The SMILES string of the molecule is CC(=O)Oc1cccc2ccc(C(C)=O)cc12. The Hall–Kier alpha value is -2.16. The number of benzene rings is 2. The summed E-state index contributed by atoms with van der Waals surface area (Å²) in [7, 11) is 0. The Morgan fingerprint density at radius 3 is 2.47 bits per heavy atom. The molecule has 86 valence electrons. The zero-order valence-corrected chi connectivity index (χ0v) is 9.69. The zero-order valence-electron chi connectivity index (χ0n) is 9.69. The predicted molar refractivity (Wildman–Crippen MR) is 65.3 cm³/mol. The van der Waals surface area contributed by atoms with E-state index in [1.165, 1.54) is 13.8 Å². The molecule has 17 heavy (non-hydrogen) atoms. The first-order chi connectivity index (χ1) is 8.08. The van der Waals surface area contributed by atoms with Gasteiger partial charge in [-0.25, -0.2) is 0 Å². The second-order valence-electron chi connectivity index (χ2n) is 3.84. The molecule has 0 N–H and O–H groups in total. The third kappa shape index (κ3) is 2.33. The van der Waals surface area contributed by atoms with Crippen molar-refractivity contribution in [3.63, 3.8) is 0 Å². The molecule has 0 amide bonds. The van der Waals surface area contributed by atoms with Gasteiger partial charge in [-0.2, -0.15) is 0 Å². The number of rotatable bonds is 2. The van der Waals surface area contributed by atoms with Crippen LogP contribution in [-0.2, 0) is 4.79 Å². The second-order valence-corrected chi connectivity index (χ2v) is 3.84. The lowest BCUT2D eigenvalue weighted by Crippen LogP contribution is -2.02. The minimum Gasteiger partial charge on any atom is -0.426 e. The van der Waals surface area contributed by atoms with E-state index in [4.69, 9.17) is 4.74 Å². The quantitative estimate of drug-likeness (QED) is 0.451. The minimum atomic E-state index is -0.370. The Bertz CT molecular complexity index is 599. The maximum atomic E-state index is 11.3. The lowest BCUT2D eigenvalue weighted by molar-refractivity contribution is -0.131. The lowest BCUT2D eigenvalue weighted by Gasteiger charge is -2.06. The van der Waals surface area contributed by atoms with Gasteiger partial charge in [0.1, 0.15) is 5.75 Å². The average Bonchev–Trinajstić information content (AvgIpc) is 2.28. The molecule has 0 unspecified atom stereocenters. The van der Waals surface area contributed by atoms with Crippen molar-refractivity contribution < 1.29 is 14.3 Å². The highest BCUT2D eigenvalue weighted by atomic mass is 16.5. The van der Waals surface area contributed by atoms with Gasteiger partial charge < -0.3 is 4.74 Å². The highest BCUT2D eigenvalue weighted by molar-refractivity contribution is 6.00. The van der Waals surface area contributed by atoms with Gasteiger partial charge in [-0.1, -0.05) is 24.3 Å². The Morgan fingerprint density at radius 2 is 1.82 bits per heavy atom. The van der Waals surface area contributed by atoms with Crippen LogP contribution in [0.25, 0.3) is 10.8 Å². The fourth-order valence-corrected chi connectivity index (χ4v) is 1.71. The molecule has 0 bridgehead atoms. The van der Waals surface area contributed by atoms with Gasteiger partial charge in [0.25, 0.3) is 0 Å². The lowest BCUT2D eigenvalue weighted by atomic mass is 10.0. The molecule has 0 saturated carbocycles. The van der Waals surface area contributed by atoms with Gasteiger partial charge in [0.2, 0.25) is 0 Å². The van der Waals surface area contributed by atoms with Crippen LogP contribution in [0.3, 0.4) is 0 Å². The van der Waals surface area contributed by atoms with Gasteiger partial charge in [0, 0.05) is 17.9 Å². The first-order valence-electron chi connectivity index (χ1n) is 5.30. The molecule has 2 aromatic carbocycles. The van der Waals surface area contributed by atoms with E-state index in [2.05, 4.69) is 0 Å². The van der Waals surface area contributed by atoms with Gasteiger partial charge in [0.15, 0.2) is 5.78 Å². The highest BCUT2D eigenvalue weighted by Crippen LogP contribution is 2.26. The molecule has 0 spiro atoms. The minimum absolute atomic E-state index is 0.00970. The zero-order chi connectivity index (χ0) is 12.4. The fraction of sp³-hybridized carbons (Fsp3) is 0.143. The predicted octanol–water partition coefficient (Wildman–Crippen LogP) is 2.97. The first-order valence-corrected chi connectivity index (χ1v) is 5.30. The number of carbonyl (C=O) groups is 2. The van der Waals surface area contributed by atoms with Crippen LogP contribution in [0.15, 0.2) is 36.4 Å². The van der Waals surface area contributed by atoms with Gasteiger partial charge >= 0.3 is 5.97 Å². The highest BCUT2D eigenvalue weighted by Gasteiger charge is 2.07. The van der Waals surface area contributed by atoms with Crippen LogP contribution < -0.4 is 4.74 Å². The molecule has 3 heteroatoms. The number of esters is 1. The van der Waals surface area contributed by atoms with E-state index < -0.39 is 0 Å². The molecular weight excluding hydrogens is 216 g/mol. The molecule has 0 aliphatic rings. The van der Waals surface area contributed by atoms with Crippen LogP contribution in [0.5, 0.6) is 5.75 Å². The summed E-state index contributed by atoms with van der Waals surface area (Å²) in [5.74, 6) is 0.105. The number of ether oxygens (including phenoxy) is 1. The maximum absolute atomic E-state index is 11.3. The normalized spacial score (nSPS) is 10.2. The molecule has 0 heterocycles. The van der Waals surface area contributed by atoms with E-state index in [9.17, 15) is 9.59 Å². The molecule has 0 saturated heterocycles. The van der Waals surface area contributed by atoms with Crippen molar-refractivity contribution in [1.82, 2.24) is 0 Å². The Kier molecular flexibility index (Phi) is 2.91. The molecule has 2 aromatic rings. The molecule has 3 nitrogen and oxygen atoms in total. The number of Topliss-reactive ketones (excluding diaryl/α,β-unsaturated/α-hetero) is 1. The van der Waals surface area contributed by atoms with Crippen molar-refractivity contribution in [1.29, 1.82) is 0 Å². The number of carbonyl (C=O) groups excluding carboxylic acids is 2. The average molecular weight is 228 g/mol. The summed E-state index contributed by atoms with van der Waals surface area (Å²) in [5, 5.41) is 1.71. The molecular formula is C14H12O3. The standard InChI is InChI=1S/C14H12O3/c1-9(15)12-7-6-11-4-3-5-14(13(11)8-12)17-10(2)16/h3-8H,1-2H3. The first kappa shape index (κ1) is 11.3. The smallest absolute Gasteiger partial charge is 0.308 e. The Balaban J connectivity index is 2.63. The molecule has 0 aromatic heterocycles. The Labute approximate surface area is 99.0 Å². The summed E-state index contributed by atoms with van der Waals surface area (Å²) >= 11 is 0. The summed E-state index contributed by atoms with van der Waals surface area (Å²) in [6, 6.07) is 10.8. The van der Waals surface area contributed by atoms with Crippen molar-refractivity contribution in [3.05, 3.63) is 42.0 Å². The van der Waals surface area contributed by atoms with Crippen LogP contribution >= 0.6 is 0 Å². The fourth-order valence-electron chi connectivity index (χ4n) is 1.71. The summed E-state index contributed by atoms with van der Waals surface area (Å²) in [5.41, 5.74) is 0.608. The number of ketones is 1. The van der Waals surface area contributed by atoms with Crippen LogP contribution in [0.1, 0.15) is 24.2 Å². The van der Waals surface area contributed by atoms with E-state index in [0.717, 1.165) is 10.8 Å². The van der Waals surface area contributed by atoms with E-state index in [1.807, 2.05) is 18.2 Å². The summed E-state index contributed by atoms with van der Waals surface area (Å²) in [6.07, 6.45) is 0. The van der Waals surface area contributed by atoms with Crippen LogP contribution in [-0.4, -0.2) is 11.8 Å². The van der Waals surface area contributed by atoms with E-state index in [1.54, 1.807) is 18.2 Å². The molecule has 0 radical (unpaired) electrons. The topological polar surface area (TPSA) is 43.4 Å². The van der Waals surface area contributed by atoms with Crippen LogP contribution in [0.2, 0.25) is 0 Å². The van der Waals surface area contributed by atoms with Crippen molar-refractivity contribution >= 4 is 22.5 Å². The largest absolute Gasteiger partial charge is 0.426 e. The second kappa shape index (κ2) is 4.37.